The van der Waals surface area contributed by atoms with Crippen LogP contribution >= 0.6 is 23.7 Å². The molecule has 138 valence electrons. The van der Waals surface area contributed by atoms with Gasteiger partial charge in [-0.2, -0.15) is 0 Å². The van der Waals surface area contributed by atoms with Gasteiger partial charge < -0.3 is 15.1 Å². The van der Waals surface area contributed by atoms with Crippen LogP contribution in [0, 0.1) is 5.92 Å². The number of hydrogen-bond acceptors (Lipinski definition) is 4. The van der Waals surface area contributed by atoms with Crippen molar-refractivity contribution in [2.75, 3.05) is 26.2 Å². The molecule has 3 heterocycles. The Hall–Kier alpha value is -1.11. The van der Waals surface area contributed by atoms with E-state index in [4.69, 9.17) is 0 Å². The van der Waals surface area contributed by atoms with Gasteiger partial charge in [-0.15, -0.1) is 23.7 Å². The van der Waals surface area contributed by atoms with E-state index in [1.54, 1.807) is 0 Å². The molecule has 0 bridgehead atoms. The number of hydrogen-bond donors (Lipinski definition) is 1. The predicted molar refractivity (Wildman–Crippen MR) is 101 cm³/mol. The molecule has 1 saturated carbocycles. The van der Waals surface area contributed by atoms with Crippen molar-refractivity contribution >= 4 is 35.6 Å². The summed E-state index contributed by atoms with van der Waals surface area (Å²) in [5.41, 5.74) is 0. The minimum atomic E-state index is -0.00218. The minimum absolute atomic E-state index is 0. The fraction of sp³-hybridized carbons (Fsp3) is 0.667. The summed E-state index contributed by atoms with van der Waals surface area (Å²) in [6.45, 7) is 2.59. The van der Waals surface area contributed by atoms with Crippen LogP contribution in [-0.2, 0) is 4.79 Å². The largest absolute Gasteiger partial charge is 0.338 e. The second-order valence-corrected chi connectivity index (χ2v) is 8.15. The Balaban J connectivity index is 0.00000182. The average Bonchev–Trinajstić information content (AvgIpc) is 3.30. The third-order valence-corrected chi connectivity index (χ3v) is 6.63. The fourth-order valence-electron chi connectivity index (χ4n) is 4.42. The van der Waals surface area contributed by atoms with Gasteiger partial charge in [0.1, 0.15) is 0 Å². The molecular formula is C18H26ClN3O2S. The zero-order chi connectivity index (χ0) is 16.5. The number of piperazine rings is 1. The third-order valence-electron chi connectivity index (χ3n) is 5.77. The van der Waals surface area contributed by atoms with Gasteiger partial charge in [0, 0.05) is 32.2 Å². The lowest BCUT2D eigenvalue weighted by Crippen LogP contribution is -2.54. The maximum absolute atomic E-state index is 12.8. The molecule has 1 aliphatic carbocycles. The van der Waals surface area contributed by atoms with E-state index in [1.807, 2.05) is 27.3 Å². The topological polar surface area (TPSA) is 52.7 Å². The second-order valence-electron chi connectivity index (χ2n) is 7.20. The summed E-state index contributed by atoms with van der Waals surface area (Å²) in [6.07, 6.45) is 6.09. The Morgan fingerprint density at radius 1 is 1.08 bits per heavy atom. The molecule has 2 aliphatic heterocycles. The number of amides is 2. The van der Waals surface area contributed by atoms with Gasteiger partial charge in [-0.25, -0.2) is 0 Å². The van der Waals surface area contributed by atoms with E-state index in [2.05, 4.69) is 5.32 Å². The monoisotopic (exact) mass is 383 g/mol. The molecule has 3 atom stereocenters. The minimum Gasteiger partial charge on any atom is -0.338 e. The molecule has 4 rings (SSSR count). The molecule has 0 spiro atoms. The van der Waals surface area contributed by atoms with E-state index in [-0.39, 0.29) is 30.3 Å². The molecule has 1 aromatic heterocycles. The molecule has 3 unspecified atom stereocenters. The van der Waals surface area contributed by atoms with Gasteiger partial charge in [0.05, 0.1) is 10.9 Å². The Kier molecular flexibility index (Phi) is 6.02. The van der Waals surface area contributed by atoms with E-state index in [1.165, 1.54) is 37.0 Å². The lowest BCUT2D eigenvalue weighted by molar-refractivity contribution is -0.134. The van der Waals surface area contributed by atoms with Gasteiger partial charge in [-0.05, 0) is 36.6 Å². The van der Waals surface area contributed by atoms with Crippen molar-refractivity contribution in [3.63, 3.8) is 0 Å². The zero-order valence-electron chi connectivity index (χ0n) is 14.4. The van der Waals surface area contributed by atoms with Gasteiger partial charge in [-0.3, -0.25) is 9.59 Å². The van der Waals surface area contributed by atoms with Crippen LogP contribution < -0.4 is 5.32 Å². The van der Waals surface area contributed by atoms with Crippen LogP contribution in [0.3, 0.4) is 0 Å². The highest BCUT2D eigenvalue weighted by Crippen LogP contribution is 2.33. The third kappa shape index (κ3) is 3.86. The number of fused-ring (bicyclic) bond motifs is 1. The molecule has 0 radical (unpaired) electrons. The lowest BCUT2D eigenvalue weighted by atomic mass is 9.85. The van der Waals surface area contributed by atoms with Gasteiger partial charge >= 0.3 is 0 Å². The highest BCUT2D eigenvalue weighted by atomic mass is 35.5. The van der Waals surface area contributed by atoms with E-state index >= 15 is 0 Å². The first-order valence-corrected chi connectivity index (χ1v) is 9.98. The van der Waals surface area contributed by atoms with Crippen LogP contribution in [0.1, 0.15) is 41.8 Å². The van der Waals surface area contributed by atoms with Crippen molar-refractivity contribution < 1.29 is 9.59 Å². The summed E-state index contributed by atoms with van der Waals surface area (Å²) in [5, 5.41) is 5.51. The smallest absolute Gasteiger partial charge is 0.264 e. The molecule has 0 aromatic carbocycles. The highest BCUT2D eigenvalue weighted by molar-refractivity contribution is 7.12. The first-order chi connectivity index (χ1) is 11.7. The standard InChI is InChI=1S/C18H25N3O2S.ClH/c22-17(15-12-13-4-1-2-5-14(13)19-15)20-7-9-21(10-8-20)18(23)16-6-3-11-24-16;/h3,6,11,13-15,19H,1-2,4-5,7-10,12H2;1H. The molecule has 1 N–H and O–H groups in total. The molecule has 5 nitrogen and oxygen atoms in total. The van der Waals surface area contributed by atoms with Crippen molar-refractivity contribution in [3.05, 3.63) is 22.4 Å². The number of rotatable bonds is 2. The number of carbonyl (C=O) groups excluding carboxylic acids is 2. The van der Waals surface area contributed by atoms with Gasteiger partial charge in [0.25, 0.3) is 5.91 Å². The van der Waals surface area contributed by atoms with E-state index in [0.717, 1.165) is 11.3 Å². The summed E-state index contributed by atoms with van der Waals surface area (Å²) >= 11 is 1.48. The molecule has 3 fully saturated rings. The van der Waals surface area contributed by atoms with Crippen molar-refractivity contribution in [2.45, 2.75) is 44.2 Å². The summed E-state index contributed by atoms with van der Waals surface area (Å²) in [5.74, 6) is 1.03. The van der Waals surface area contributed by atoms with Crippen LogP contribution in [0.15, 0.2) is 17.5 Å². The van der Waals surface area contributed by atoms with E-state index in [0.29, 0.717) is 38.1 Å². The van der Waals surface area contributed by atoms with Crippen LogP contribution in [0.4, 0.5) is 0 Å². The first-order valence-electron chi connectivity index (χ1n) is 9.10. The SMILES string of the molecule is Cl.O=C(c1cccs1)N1CCN(C(=O)C2CC3CCCCC3N2)CC1. The number of halogens is 1. The molecule has 7 heteroatoms. The second kappa shape index (κ2) is 8.06. The number of nitrogens with zero attached hydrogens (tertiary/aromatic N) is 2. The van der Waals surface area contributed by atoms with Crippen molar-refractivity contribution in [2.24, 2.45) is 5.92 Å². The number of carbonyl (C=O) groups is 2. The summed E-state index contributed by atoms with van der Waals surface area (Å²) in [4.78, 5) is 29.8. The van der Waals surface area contributed by atoms with Crippen molar-refractivity contribution in [1.29, 1.82) is 0 Å². The number of nitrogens with one attached hydrogen (secondary N) is 1. The maximum Gasteiger partial charge on any atom is 0.264 e. The van der Waals surface area contributed by atoms with Crippen molar-refractivity contribution in [1.82, 2.24) is 15.1 Å². The normalized spacial score (nSPS) is 29.0. The predicted octanol–water partition coefficient (Wildman–Crippen LogP) is 2.38. The molecule has 1 aromatic rings. The summed E-state index contributed by atoms with van der Waals surface area (Å²) < 4.78 is 0. The Labute approximate surface area is 159 Å². The van der Waals surface area contributed by atoms with Crippen LogP contribution in [-0.4, -0.2) is 59.9 Å². The summed E-state index contributed by atoms with van der Waals surface area (Å²) in [6, 6.07) is 4.32. The maximum atomic E-state index is 12.8. The fourth-order valence-corrected chi connectivity index (χ4v) is 5.11. The van der Waals surface area contributed by atoms with E-state index < -0.39 is 0 Å². The van der Waals surface area contributed by atoms with E-state index in [9.17, 15) is 9.59 Å². The lowest BCUT2D eigenvalue weighted by Gasteiger charge is -2.35. The Bertz CT molecular complexity index is 587. The van der Waals surface area contributed by atoms with Crippen LogP contribution in [0.25, 0.3) is 0 Å². The Morgan fingerprint density at radius 2 is 1.80 bits per heavy atom. The Morgan fingerprint density at radius 3 is 2.48 bits per heavy atom. The van der Waals surface area contributed by atoms with Crippen LogP contribution in [0.5, 0.6) is 0 Å². The van der Waals surface area contributed by atoms with Crippen molar-refractivity contribution in [3.8, 4) is 0 Å². The zero-order valence-corrected chi connectivity index (χ0v) is 16.0. The highest BCUT2D eigenvalue weighted by Gasteiger charge is 2.40. The molecule has 3 aliphatic rings. The average molecular weight is 384 g/mol. The van der Waals surface area contributed by atoms with Crippen LogP contribution in [0.2, 0.25) is 0 Å². The number of thiophene rings is 1. The molecule has 2 saturated heterocycles. The molecule has 2 amide bonds. The van der Waals surface area contributed by atoms with Gasteiger partial charge in [0.15, 0.2) is 0 Å². The molecule has 25 heavy (non-hydrogen) atoms. The summed E-state index contributed by atoms with van der Waals surface area (Å²) in [7, 11) is 0. The molecular weight excluding hydrogens is 358 g/mol. The van der Waals surface area contributed by atoms with Gasteiger partial charge in [-0.1, -0.05) is 18.9 Å². The quantitative estimate of drug-likeness (QED) is 0.853. The first kappa shape index (κ1) is 18.7. The van der Waals surface area contributed by atoms with Gasteiger partial charge in [0.2, 0.25) is 5.91 Å².